The number of nitrogens with one attached hydrogen (secondary N) is 1. The third kappa shape index (κ3) is 2.93. The molecule has 2 rings (SSSR count). The number of H-pyrrole nitrogens is 1. The van der Waals surface area contributed by atoms with Crippen LogP contribution in [-0.2, 0) is 0 Å². The minimum atomic E-state index is -0.114. The minimum absolute atomic E-state index is 0.114. The van der Waals surface area contributed by atoms with Gasteiger partial charge in [0.05, 0.1) is 0 Å². The molecule has 0 aromatic carbocycles. The van der Waals surface area contributed by atoms with Gasteiger partial charge >= 0.3 is 0 Å². The Labute approximate surface area is 101 Å². The number of nitrogens with zero attached hydrogens (tertiary/aromatic N) is 3. The number of unbranched alkanes of at least 4 members (excludes halogenated alkanes) is 1. The zero-order valence-electron chi connectivity index (χ0n) is 10.1. The van der Waals surface area contributed by atoms with Crippen molar-refractivity contribution in [3.05, 3.63) is 24.3 Å². The molecule has 0 saturated heterocycles. The van der Waals surface area contributed by atoms with Crippen LogP contribution in [0.15, 0.2) is 12.7 Å². The quantitative estimate of drug-likeness (QED) is 0.602. The SMILES string of the molecule is C=CCCCN(C)C(=O)c1n[nH]c(C2CC2)n1. The second-order valence-corrected chi connectivity index (χ2v) is 4.48. The molecule has 1 N–H and O–H groups in total. The molecule has 0 radical (unpaired) electrons. The van der Waals surface area contributed by atoms with Gasteiger partial charge in [-0.2, -0.15) is 0 Å². The van der Waals surface area contributed by atoms with Gasteiger partial charge in [-0.15, -0.1) is 11.7 Å². The van der Waals surface area contributed by atoms with E-state index in [1.165, 1.54) is 0 Å². The summed E-state index contributed by atoms with van der Waals surface area (Å²) in [4.78, 5) is 17.8. The molecule has 0 unspecified atom stereocenters. The maximum Gasteiger partial charge on any atom is 0.293 e. The van der Waals surface area contributed by atoms with E-state index in [9.17, 15) is 4.79 Å². The fourth-order valence-electron chi connectivity index (χ4n) is 1.65. The summed E-state index contributed by atoms with van der Waals surface area (Å²) < 4.78 is 0. The Bertz CT molecular complexity index is 408. The first kappa shape index (κ1) is 11.8. The van der Waals surface area contributed by atoms with Gasteiger partial charge in [-0.05, 0) is 25.7 Å². The Kier molecular flexibility index (Phi) is 3.56. The predicted molar refractivity (Wildman–Crippen MR) is 64.7 cm³/mol. The van der Waals surface area contributed by atoms with Gasteiger partial charge < -0.3 is 4.90 Å². The van der Waals surface area contributed by atoms with Crippen LogP contribution >= 0.6 is 0 Å². The molecule has 17 heavy (non-hydrogen) atoms. The fraction of sp³-hybridized carbons (Fsp3) is 0.583. The first-order valence-corrected chi connectivity index (χ1v) is 6.01. The van der Waals surface area contributed by atoms with Gasteiger partial charge in [-0.25, -0.2) is 4.98 Å². The smallest absolute Gasteiger partial charge is 0.293 e. The number of carbonyl (C=O) groups is 1. The predicted octanol–water partition coefficient (Wildman–Crippen LogP) is 1.72. The number of hydrogen-bond donors (Lipinski definition) is 1. The molecule has 1 amide bonds. The lowest BCUT2D eigenvalue weighted by atomic mass is 10.3. The second-order valence-electron chi connectivity index (χ2n) is 4.48. The summed E-state index contributed by atoms with van der Waals surface area (Å²) in [6.07, 6.45) is 6.00. The van der Waals surface area contributed by atoms with Crippen LogP contribution in [0.5, 0.6) is 0 Å². The topological polar surface area (TPSA) is 61.9 Å². The Morgan fingerprint density at radius 3 is 3.06 bits per heavy atom. The zero-order chi connectivity index (χ0) is 12.3. The van der Waals surface area contributed by atoms with Crippen LogP contribution in [0.25, 0.3) is 0 Å². The summed E-state index contributed by atoms with van der Waals surface area (Å²) >= 11 is 0. The summed E-state index contributed by atoms with van der Waals surface area (Å²) in [5.41, 5.74) is 0. The molecule has 0 spiro atoms. The summed E-state index contributed by atoms with van der Waals surface area (Å²) in [5, 5.41) is 6.83. The second kappa shape index (κ2) is 5.12. The highest BCUT2D eigenvalue weighted by atomic mass is 16.2. The van der Waals surface area contributed by atoms with E-state index in [0.717, 1.165) is 31.5 Å². The standard InChI is InChI=1S/C12H18N4O/c1-3-4-5-8-16(2)12(17)11-13-10(14-15-11)9-6-7-9/h3,9H,1,4-8H2,2H3,(H,13,14,15). The number of aromatic nitrogens is 3. The molecule has 1 aliphatic rings. The van der Waals surface area contributed by atoms with Crippen molar-refractivity contribution >= 4 is 5.91 Å². The number of carbonyl (C=O) groups excluding carboxylic acids is 1. The van der Waals surface area contributed by atoms with E-state index < -0.39 is 0 Å². The molecular formula is C12H18N4O. The van der Waals surface area contributed by atoms with Crippen molar-refractivity contribution in [3.63, 3.8) is 0 Å². The van der Waals surface area contributed by atoms with Crippen LogP contribution in [0.2, 0.25) is 0 Å². The fourth-order valence-corrected chi connectivity index (χ4v) is 1.65. The minimum Gasteiger partial charge on any atom is -0.339 e. The van der Waals surface area contributed by atoms with Crippen LogP contribution in [0, 0.1) is 0 Å². The molecule has 5 nitrogen and oxygen atoms in total. The number of amides is 1. The Balaban J connectivity index is 1.90. The largest absolute Gasteiger partial charge is 0.339 e. The van der Waals surface area contributed by atoms with Crippen molar-refractivity contribution in [1.29, 1.82) is 0 Å². The van der Waals surface area contributed by atoms with E-state index in [2.05, 4.69) is 21.8 Å². The summed E-state index contributed by atoms with van der Waals surface area (Å²) in [7, 11) is 1.78. The average molecular weight is 234 g/mol. The molecule has 5 heteroatoms. The van der Waals surface area contributed by atoms with Gasteiger partial charge in [0, 0.05) is 19.5 Å². The Morgan fingerprint density at radius 1 is 1.65 bits per heavy atom. The molecule has 1 aliphatic carbocycles. The first-order chi connectivity index (χ1) is 8.22. The van der Waals surface area contributed by atoms with Gasteiger partial charge in [-0.3, -0.25) is 9.89 Å². The van der Waals surface area contributed by atoms with E-state index in [0.29, 0.717) is 12.5 Å². The highest BCUT2D eigenvalue weighted by Crippen LogP contribution is 2.37. The molecule has 92 valence electrons. The highest BCUT2D eigenvalue weighted by molar-refractivity contribution is 5.90. The third-order valence-electron chi connectivity index (χ3n) is 2.91. The lowest BCUT2D eigenvalue weighted by Crippen LogP contribution is -2.28. The van der Waals surface area contributed by atoms with Crippen LogP contribution in [0.1, 0.15) is 48.0 Å². The lowest BCUT2D eigenvalue weighted by Gasteiger charge is -2.14. The van der Waals surface area contributed by atoms with E-state index in [1.54, 1.807) is 11.9 Å². The molecular weight excluding hydrogens is 216 g/mol. The van der Waals surface area contributed by atoms with Crippen molar-refractivity contribution in [3.8, 4) is 0 Å². The third-order valence-corrected chi connectivity index (χ3v) is 2.91. The Hall–Kier alpha value is -1.65. The molecule has 0 atom stereocenters. The maximum atomic E-state index is 12.0. The van der Waals surface area contributed by atoms with E-state index >= 15 is 0 Å². The Morgan fingerprint density at radius 2 is 2.41 bits per heavy atom. The first-order valence-electron chi connectivity index (χ1n) is 6.01. The van der Waals surface area contributed by atoms with Crippen molar-refractivity contribution in [2.24, 2.45) is 0 Å². The van der Waals surface area contributed by atoms with Gasteiger partial charge in [-0.1, -0.05) is 6.08 Å². The van der Waals surface area contributed by atoms with Gasteiger partial charge in [0.15, 0.2) is 0 Å². The normalized spacial score (nSPS) is 14.6. The van der Waals surface area contributed by atoms with Crippen molar-refractivity contribution in [1.82, 2.24) is 20.1 Å². The number of rotatable bonds is 6. The monoisotopic (exact) mass is 234 g/mol. The average Bonchev–Trinajstić information content (AvgIpc) is 3.07. The van der Waals surface area contributed by atoms with Crippen LogP contribution in [-0.4, -0.2) is 39.6 Å². The molecule has 0 aliphatic heterocycles. The van der Waals surface area contributed by atoms with Crippen molar-refractivity contribution in [2.45, 2.75) is 31.6 Å². The zero-order valence-corrected chi connectivity index (χ0v) is 10.1. The van der Waals surface area contributed by atoms with Crippen LogP contribution < -0.4 is 0 Å². The maximum absolute atomic E-state index is 12.0. The summed E-state index contributed by atoms with van der Waals surface area (Å²) in [6.45, 7) is 4.36. The van der Waals surface area contributed by atoms with E-state index in [1.807, 2.05) is 6.08 Å². The molecule has 1 saturated carbocycles. The van der Waals surface area contributed by atoms with Crippen LogP contribution in [0.3, 0.4) is 0 Å². The molecule has 1 aromatic heterocycles. The van der Waals surface area contributed by atoms with Gasteiger partial charge in [0.25, 0.3) is 5.91 Å². The number of hydrogen-bond acceptors (Lipinski definition) is 3. The summed E-state index contributed by atoms with van der Waals surface area (Å²) in [6, 6.07) is 0. The van der Waals surface area contributed by atoms with Crippen LogP contribution in [0.4, 0.5) is 0 Å². The number of aromatic amines is 1. The van der Waals surface area contributed by atoms with E-state index in [-0.39, 0.29) is 11.7 Å². The van der Waals surface area contributed by atoms with Crippen molar-refractivity contribution < 1.29 is 4.79 Å². The molecule has 0 bridgehead atoms. The molecule has 1 heterocycles. The molecule has 1 fully saturated rings. The molecule has 1 aromatic rings. The number of allylic oxidation sites excluding steroid dienone is 1. The van der Waals surface area contributed by atoms with Gasteiger partial charge in [0.1, 0.15) is 5.82 Å². The highest BCUT2D eigenvalue weighted by Gasteiger charge is 2.28. The van der Waals surface area contributed by atoms with E-state index in [4.69, 9.17) is 0 Å². The van der Waals surface area contributed by atoms with Crippen molar-refractivity contribution in [2.75, 3.05) is 13.6 Å². The van der Waals surface area contributed by atoms with Gasteiger partial charge in [0.2, 0.25) is 5.82 Å². The summed E-state index contributed by atoms with van der Waals surface area (Å²) in [5.74, 6) is 1.52. The lowest BCUT2D eigenvalue weighted by molar-refractivity contribution is 0.0782.